The summed E-state index contributed by atoms with van der Waals surface area (Å²) in [5.74, 6) is 3.30. The summed E-state index contributed by atoms with van der Waals surface area (Å²) in [5.41, 5.74) is 2.61. The largest absolute Gasteiger partial charge is 0.351 e. The standard InChI is InChI=1S/C26H37BrClN3OS/c1-26(2)17-8-7-16(20(26)13-17)15-29-25(32)23-18-9-10-21-19(14-22(27)33-21)24(18)31(30-23)12-6-4-3-5-11-28/h14,16-18,20,24H,3-13,15H2,1-2H3,(H,29,32). The zero-order valence-corrected chi connectivity index (χ0v) is 23.1. The van der Waals surface area contributed by atoms with Crippen LogP contribution in [0.5, 0.6) is 0 Å². The second kappa shape index (κ2) is 9.81. The predicted molar refractivity (Wildman–Crippen MR) is 141 cm³/mol. The first-order valence-corrected chi connectivity index (χ1v) is 15.0. The van der Waals surface area contributed by atoms with E-state index in [4.69, 9.17) is 16.7 Å². The van der Waals surface area contributed by atoms with Crippen LogP contribution >= 0.6 is 38.9 Å². The second-order valence-electron chi connectivity index (χ2n) is 11.2. The fraction of sp³-hybridized carbons (Fsp3) is 0.769. The summed E-state index contributed by atoms with van der Waals surface area (Å²) in [4.78, 5) is 14.9. The van der Waals surface area contributed by atoms with Gasteiger partial charge in [0.1, 0.15) is 5.71 Å². The molecule has 3 fully saturated rings. The molecule has 1 N–H and O–H groups in total. The molecule has 4 aliphatic carbocycles. The molecule has 1 aliphatic heterocycles. The van der Waals surface area contributed by atoms with Gasteiger partial charge in [0.2, 0.25) is 0 Å². The van der Waals surface area contributed by atoms with E-state index in [0.29, 0.717) is 11.3 Å². The lowest BCUT2D eigenvalue weighted by atomic mass is 9.45. The molecule has 1 aromatic rings. The van der Waals surface area contributed by atoms with Crippen LogP contribution in [-0.4, -0.2) is 35.6 Å². The maximum Gasteiger partial charge on any atom is 0.267 e. The molecule has 2 heterocycles. The molecular formula is C26H37BrClN3OS. The van der Waals surface area contributed by atoms with E-state index in [1.807, 2.05) is 11.3 Å². The zero-order chi connectivity index (χ0) is 23.2. The first kappa shape index (κ1) is 24.1. The third-order valence-corrected chi connectivity index (χ3v) is 11.1. The van der Waals surface area contributed by atoms with Gasteiger partial charge in [0.05, 0.1) is 9.83 Å². The third-order valence-electron chi connectivity index (χ3n) is 9.13. The van der Waals surface area contributed by atoms with Crippen LogP contribution in [0.1, 0.15) is 81.7 Å². The first-order valence-electron chi connectivity index (χ1n) is 12.9. The number of aryl methyl sites for hydroxylation is 1. The first-order chi connectivity index (χ1) is 15.9. The van der Waals surface area contributed by atoms with Crippen molar-refractivity contribution in [3.05, 3.63) is 20.3 Å². The minimum Gasteiger partial charge on any atom is -0.351 e. The Balaban J connectivity index is 1.26. The van der Waals surface area contributed by atoms with Crippen LogP contribution in [0.25, 0.3) is 0 Å². The Labute approximate surface area is 216 Å². The van der Waals surface area contributed by atoms with Crippen LogP contribution in [0.3, 0.4) is 0 Å². The normalized spacial score (nSPS) is 31.5. The summed E-state index contributed by atoms with van der Waals surface area (Å²) in [5, 5.41) is 10.6. The van der Waals surface area contributed by atoms with Crippen LogP contribution in [0, 0.1) is 29.1 Å². The molecule has 5 unspecified atom stereocenters. The van der Waals surface area contributed by atoms with Crippen molar-refractivity contribution in [2.24, 2.45) is 34.2 Å². The Kier molecular flexibility index (Phi) is 7.17. The Bertz CT molecular complexity index is 913. The number of fused-ring (bicyclic) bond motifs is 5. The van der Waals surface area contributed by atoms with Gasteiger partial charge in [-0.05, 0) is 95.7 Å². The number of hydrogen-bond donors (Lipinski definition) is 1. The quantitative estimate of drug-likeness (QED) is 0.270. The van der Waals surface area contributed by atoms with Gasteiger partial charge in [-0.25, -0.2) is 0 Å². The van der Waals surface area contributed by atoms with Gasteiger partial charge in [0, 0.05) is 29.8 Å². The number of carbonyl (C=O) groups excluding carboxylic acids is 1. The lowest BCUT2D eigenvalue weighted by molar-refractivity contribution is -0.119. The highest BCUT2D eigenvalue weighted by atomic mass is 79.9. The van der Waals surface area contributed by atoms with Gasteiger partial charge >= 0.3 is 0 Å². The highest BCUT2D eigenvalue weighted by Gasteiger charge is 2.54. The topological polar surface area (TPSA) is 44.7 Å². The molecule has 5 aliphatic rings. The van der Waals surface area contributed by atoms with E-state index in [0.717, 1.165) is 75.0 Å². The lowest BCUT2D eigenvalue weighted by Crippen LogP contribution is -2.55. The van der Waals surface area contributed by atoms with Crippen molar-refractivity contribution in [2.75, 3.05) is 19.0 Å². The van der Waals surface area contributed by atoms with Gasteiger partial charge in [-0.1, -0.05) is 26.7 Å². The van der Waals surface area contributed by atoms with Crippen molar-refractivity contribution in [2.45, 2.75) is 77.7 Å². The molecule has 5 atom stereocenters. The lowest BCUT2D eigenvalue weighted by Gasteiger charge is -2.60. The third kappa shape index (κ3) is 4.53. The van der Waals surface area contributed by atoms with Crippen LogP contribution in [-0.2, 0) is 11.2 Å². The minimum absolute atomic E-state index is 0.0756. The van der Waals surface area contributed by atoms with E-state index in [9.17, 15) is 4.79 Å². The van der Waals surface area contributed by atoms with Crippen LogP contribution in [0.15, 0.2) is 15.0 Å². The number of rotatable bonds is 9. The molecular weight excluding hydrogens is 518 g/mol. The molecule has 7 heteroatoms. The molecule has 1 amide bonds. The van der Waals surface area contributed by atoms with Gasteiger partial charge in [0.25, 0.3) is 5.91 Å². The van der Waals surface area contributed by atoms with Crippen molar-refractivity contribution in [3.8, 4) is 0 Å². The number of nitrogens with zero attached hydrogens (tertiary/aromatic N) is 2. The van der Waals surface area contributed by atoms with Crippen molar-refractivity contribution in [1.29, 1.82) is 0 Å². The smallest absolute Gasteiger partial charge is 0.267 e. The van der Waals surface area contributed by atoms with Crippen LogP contribution in [0.4, 0.5) is 0 Å². The zero-order valence-electron chi connectivity index (χ0n) is 19.9. The summed E-state index contributed by atoms with van der Waals surface area (Å²) >= 11 is 11.4. The maximum atomic E-state index is 13.4. The van der Waals surface area contributed by atoms with Crippen LogP contribution in [0.2, 0.25) is 0 Å². The van der Waals surface area contributed by atoms with E-state index in [2.05, 4.69) is 46.2 Å². The summed E-state index contributed by atoms with van der Waals surface area (Å²) in [6.07, 6.45) is 10.5. The molecule has 182 valence electrons. The predicted octanol–water partition coefficient (Wildman–Crippen LogP) is 6.77. The number of hydrazone groups is 1. The maximum absolute atomic E-state index is 13.4. The molecule has 0 radical (unpaired) electrons. The van der Waals surface area contributed by atoms with Gasteiger partial charge in [-0.3, -0.25) is 9.80 Å². The Morgan fingerprint density at radius 2 is 2.09 bits per heavy atom. The van der Waals surface area contributed by atoms with E-state index in [-0.39, 0.29) is 17.9 Å². The molecule has 6 rings (SSSR count). The summed E-state index contributed by atoms with van der Waals surface area (Å²) < 4.78 is 1.19. The van der Waals surface area contributed by atoms with E-state index in [1.165, 1.54) is 33.5 Å². The molecule has 33 heavy (non-hydrogen) atoms. The second-order valence-corrected chi connectivity index (χ2v) is 14.1. The van der Waals surface area contributed by atoms with E-state index in [1.54, 1.807) is 0 Å². The number of halogens is 2. The molecule has 0 saturated heterocycles. The fourth-order valence-corrected chi connectivity index (χ4v) is 9.05. The highest BCUT2D eigenvalue weighted by molar-refractivity contribution is 9.11. The molecule has 3 saturated carbocycles. The summed E-state index contributed by atoms with van der Waals surface area (Å²) in [6, 6.07) is 2.48. The average molecular weight is 555 g/mol. The molecule has 0 aromatic carbocycles. The fourth-order valence-electron chi connectivity index (χ4n) is 7.09. The minimum atomic E-state index is 0.0756. The SMILES string of the molecule is CC1(C)C2CCC(CNC(=O)C3=NN(CCCCCCCl)C4c5cc(Br)sc5CCC34)C1C2. The summed E-state index contributed by atoms with van der Waals surface area (Å²) in [7, 11) is 0. The van der Waals surface area contributed by atoms with Gasteiger partial charge in [0.15, 0.2) is 0 Å². The van der Waals surface area contributed by atoms with Crippen LogP contribution < -0.4 is 5.32 Å². The molecule has 1 aromatic heterocycles. The number of thiophene rings is 1. The number of alkyl halides is 1. The average Bonchev–Trinajstić information content (AvgIpc) is 3.37. The van der Waals surface area contributed by atoms with Gasteiger partial charge in [-0.2, -0.15) is 5.10 Å². The van der Waals surface area contributed by atoms with Crippen molar-refractivity contribution in [1.82, 2.24) is 10.3 Å². The Morgan fingerprint density at radius 1 is 1.27 bits per heavy atom. The Hall–Kier alpha value is -0.590. The number of hydrogen-bond acceptors (Lipinski definition) is 4. The number of unbranched alkanes of at least 4 members (excludes halogenated alkanes) is 3. The monoisotopic (exact) mass is 553 g/mol. The van der Waals surface area contributed by atoms with Gasteiger partial charge < -0.3 is 5.32 Å². The number of nitrogens with one attached hydrogen (secondary N) is 1. The molecule has 2 bridgehead atoms. The highest BCUT2D eigenvalue weighted by Crippen LogP contribution is 2.61. The van der Waals surface area contributed by atoms with E-state index >= 15 is 0 Å². The van der Waals surface area contributed by atoms with Crippen molar-refractivity contribution in [3.63, 3.8) is 0 Å². The number of carbonyl (C=O) groups is 1. The van der Waals surface area contributed by atoms with Crippen molar-refractivity contribution >= 4 is 50.5 Å². The molecule has 4 nitrogen and oxygen atoms in total. The Morgan fingerprint density at radius 3 is 2.85 bits per heavy atom. The van der Waals surface area contributed by atoms with E-state index < -0.39 is 0 Å². The summed E-state index contributed by atoms with van der Waals surface area (Å²) in [6.45, 7) is 6.57. The van der Waals surface area contributed by atoms with Crippen molar-refractivity contribution < 1.29 is 4.79 Å². The molecule has 0 spiro atoms. The number of amides is 1. The van der Waals surface area contributed by atoms with Gasteiger partial charge in [-0.15, -0.1) is 22.9 Å².